The maximum Gasteiger partial charge on any atom is 0.144 e. The fourth-order valence-corrected chi connectivity index (χ4v) is 2.15. The minimum absolute atomic E-state index is 0.467. The van der Waals surface area contributed by atoms with Gasteiger partial charge < -0.3 is 15.5 Å². The second-order valence-electron chi connectivity index (χ2n) is 4.67. The monoisotopic (exact) mass is 252 g/mol. The van der Waals surface area contributed by atoms with E-state index in [0.717, 1.165) is 18.1 Å². The molecule has 0 aliphatic carbocycles. The molecule has 100 valence electrons. The van der Waals surface area contributed by atoms with Gasteiger partial charge in [0.2, 0.25) is 0 Å². The van der Waals surface area contributed by atoms with Crippen molar-refractivity contribution in [2.24, 2.45) is 0 Å². The first-order chi connectivity index (χ1) is 8.58. The van der Waals surface area contributed by atoms with Crippen LogP contribution in [0, 0.1) is 6.92 Å². The maximum absolute atomic E-state index is 9.49. The minimum atomic E-state index is -0.664. The summed E-state index contributed by atoms with van der Waals surface area (Å²) in [5.74, 6) is 1.53. The summed E-state index contributed by atoms with van der Waals surface area (Å²) in [6.45, 7) is 6.25. The Morgan fingerprint density at radius 1 is 1.33 bits per heavy atom. The average molecular weight is 252 g/mol. The van der Waals surface area contributed by atoms with Crippen LogP contribution in [0.2, 0.25) is 0 Å². The van der Waals surface area contributed by atoms with Crippen LogP contribution in [0.5, 0.6) is 0 Å². The molecular formula is C12H20N4O2. The van der Waals surface area contributed by atoms with Gasteiger partial charge in [-0.05, 0) is 13.8 Å². The predicted octanol–water partition coefficient (Wildman–Crippen LogP) is -0.246. The van der Waals surface area contributed by atoms with E-state index in [1.165, 1.54) is 0 Å². The number of aliphatic hydroxyl groups is 2. The van der Waals surface area contributed by atoms with Crippen LogP contribution >= 0.6 is 0 Å². The summed E-state index contributed by atoms with van der Waals surface area (Å²) in [4.78, 5) is 10.7. The standard InChI is InChI=1S/C12H20N4O2/c1-3-13-11-4-8(2)14-12(15-11)7-16-5-9(17)10(18)6-16/h4,9-10,17-18H,3,5-7H2,1-2H3,(H,13,14,15). The van der Waals surface area contributed by atoms with Crippen molar-refractivity contribution in [3.63, 3.8) is 0 Å². The highest BCUT2D eigenvalue weighted by atomic mass is 16.3. The van der Waals surface area contributed by atoms with E-state index in [-0.39, 0.29) is 0 Å². The van der Waals surface area contributed by atoms with Gasteiger partial charge in [-0.2, -0.15) is 0 Å². The summed E-state index contributed by atoms with van der Waals surface area (Å²) in [7, 11) is 0. The highest BCUT2D eigenvalue weighted by molar-refractivity contribution is 5.35. The SMILES string of the molecule is CCNc1cc(C)nc(CN2CC(O)C(O)C2)n1. The maximum atomic E-state index is 9.49. The van der Waals surface area contributed by atoms with E-state index in [9.17, 15) is 10.2 Å². The van der Waals surface area contributed by atoms with Crippen molar-refractivity contribution in [1.82, 2.24) is 14.9 Å². The number of hydrogen-bond donors (Lipinski definition) is 3. The zero-order valence-electron chi connectivity index (χ0n) is 10.8. The molecule has 0 bridgehead atoms. The summed E-state index contributed by atoms with van der Waals surface area (Å²) in [5.41, 5.74) is 0.913. The van der Waals surface area contributed by atoms with Gasteiger partial charge in [0.1, 0.15) is 11.6 Å². The van der Waals surface area contributed by atoms with Crippen molar-refractivity contribution in [2.45, 2.75) is 32.6 Å². The third-order valence-electron chi connectivity index (χ3n) is 2.96. The summed E-state index contributed by atoms with van der Waals surface area (Å²) < 4.78 is 0. The third kappa shape index (κ3) is 3.16. The molecule has 2 unspecified atom stereocenters. The van der Waals surface area contributed by atoms with Crippen molar-refractivity contribution in [1.29, 1.82) is 0 Å². The van der Waals surface area contributed by atoms with Crippen LogP contribution in [0.25, 0.3) is 0 Å². The van der Waals surface area contributed by atoms with Crippen LogP contribution in [0.4, 0.5) is 5.82 Å². The summed E-state index contributed by atoms with van der Waals surface area (Å²) in [6.07, 6.45) is -1.33. The lowest BCUT2D eigenvalue weighted by Gasteiger charge is -2.14. The Labute approximate surface area is 107 Å². The Hall–Kier alpha value is -1.24. The fraction of sp³-hybridized carbons (Fsp3) is 0.667. The van der Waals surface area contributed by atoms with Gasteiger partial charge in [0.25, 0.3) is 0 Å². The number of aliphatic hydroxyl groups excluding tert-OH is 2. The number of anilines is 1. The topological polar surface area (TPSA) is 81.5 Å². The molecule has 6 nitrogen and oxygen atoms in total. The normalized spacial score (nSPS) is 24.4. The minimum Gasteiger partial charge on any atom is -0.389 e. The fourth-order valence-electron chi connectivity index (χ4n) is 2.15. The van der Waals surface area contributed by atoms with Gasteiger partial charge in [-0.15, -0.1) is 0 Å². The molecule has 3 N–H and O–H groups in total. The second kappa shape index (κ2) is 5.60. The molecule has 1 fully saturated rings. The molecule has 6 heteroatoms. The first-order valence-corrected chi connectivity index (χ1v) is 6.25. The number of aromatic nitrogens is 2. The molecule has 0 radical (unpaired) electrons. The molecule has 1 aromatic heterocycles. The van der Waals surface area contributed by atoms with Crippen molar-refractivity contribution < 1.29 is 10.2 Å². The van der Waals surface area contributed by atoms with Crippen molar-refractivity contribution in [3.05, 3.63) is 17.6 Å². The number of hydrogen-bond acceptors (Lipinski definition) is 6. The lowest BCUT2D eigenvalue weighted by Crippen LogP contribution is -2.23. The van der Waals surface area contributed by atoms with Crippen LogP contribution in [0.1, 0.15) is 18.4 Å². The van der Waals surface area contributed by atoms with E-state index in [1.807, 2.05) is 24.8 Å². The lowest BCUT2D eigenvalue weighted by molar-refractivity contribution is 0.0572. The van der Waals surface area contributed by atoms with Crippen LogP contribution in [-0.2, 0) is 6.54 Å². The number of nitrogens with one attached hydrogen (secondary N) is 1. The number of β-amino-alcohol motifs (C(OH)–C–C–N with tert-alkyl or cyclic N) is 2. The zero-order valence-corrected chi connectivity index (χ0v) is 10.8. The van der Waals surface area contributed by atoms with Gasteiger partial charge in [0.15, 0.2) is 0 Å². The molecule has 1 aliphatic rings. The van der Waals surface area contributed by atoms with Crippen LogP contribution in [0.15, 0.2) is 6.07 Å². The zero-order chi connectivity index (χ0) is 13.1. The second-order valence-corrected chi connectivity index (χ2v) is 4.67. The summed E-state index contributed by atoms with van der Waals surface area (Å²) in [6, 6.07) is 1.90. The van der Waals surface area contributed by atoms with E-state index >= 15 is 0 Å². The molecule has 2 heterocycles. The molecular weight excluding hydrogens is 232 g/mol. The Bertz CT molecular complexity index is 403. The molecule has 0 aromatic carbocycles. The number of aryl methyl sites for hydroxylation is 1. The smallest absolute Gasteiger partial charge is 0.144 e. The number of likely N-dealkylation sites (tertiary alicyclic amines) is 1. The first-order valence-electron chi connectivity index (χ1n) is 6.25. The number of rotatable bonds is 4. The van der Waals surface area contributed by atoms with Crippen LogP contribution < -0.4 is 5.32 Å². The highest BCUT2D eigenvalue weighted by Crippen LogP contribution is 2.14. The highest BCUT2D eigenvalue weighted by Gasteiger charge is 2.29. The summed E-state index contributed by atoms with van der Waals surface area (Å²) in [5, 5.41) is 22.2. The van der Waals surface area contributed by atoms with Gasteiger partial charge in [-0.1, -0.05) is 0 Å². The lowest BCUT2D eigenvalue weighted by atomic mass is 10.3. The van der Waals surface area contributed by atoms with E-state index < -0.39 is 12.2 Å². The van der Waals surface area contributed by atoms with Gasteiger partial charge >= 0.3 is 0 Å². The molecule has 1 aromatic rings. The Balaban J connectivity index is 2.05. The molecule has 1 saturated heterocycles. The van der Waals surface area contributed by atoms with Crippen molar-refractivity contribution in [2.75, 3.05) is 25.0 Å². The predicted molar refractivity (Wildman–Crippen MR) is 68.2 cm³/mol. The third-order valence-corrected chi connectivity index (χ3v) is 2.96. The number of nitrogens with zero attached hydrogens (tertiary/aromatic N) is 3. The van der Waals surface area contributed by atoms with Gasteiger partial charge in [-0.3, -0.25) is 4.90 Å². The Kier molecular flexibility index (Phi) is 4.11. The van der Waals surface area contributed by atoms with Gasteiger partial charge in [0.05, 0.1) is 18.8 Å². The first kappa shape index (κ1) is 13.2. The van der Waals surface area contributed by atoms with Crippen LogP contribution in [0.3, 0.4) is 0 Å². The van der Waals surface area contributed by atoms with Crippen molar-refractivity contribution >= 4 is 5.82 Å². The van der Waals surface area contributed by atoms with Gasteiger partial charge in [-0.25, -0.2) is 9.97 Å². The van der Waals surface area contributed by atoms with E-state index in [2.05, 4.69) is 15.3 Å². The summed E-state index contributed by atoms with van der Waals surface area (Å²) >= 11 is 0. The largest absolute Gasteiger partial charge is 0.389 e. The molecule has 0 saturated carbocycles. The molecule has 2 rings (SSSR count). The Morgan fingerprint density at radius 2 is 2.00 bits per heavy atom. The molecule has 1 aliphatic heterocycles. The van der Waals surface area contributed by atoms with E-state index in [0.29, 0.717) is 25.5 Å². The van der Waals surface area contributed by atoms with E-state index in [4.69, 9.17) is 0 Å². The average Bonchev–Trinajstić information content (AvgIpc) is 2.57. The molecule has 0 amide bonds. The van der Waals surface area contributed by atoms with Crippen molar-refractivity contribution in [3.8, 4) is 0 Å². The molecule has 18 heavy (non-hydrogen) atoms. The van der Waals surface area contributed by atoms with Gasteiger partial charge in [0, 0.05) is 31.4 Å². The Morgan fingerprint density at radius 3 is 2.61 bits per heavy atom. The van der Waals surface area contributed by atoms with Crippen LogP contribution in [-0.4, -0.2) is 56.9 Å². The quantitative estimate of drug-likeness (QED) is 0.686. The van der Waals surface area contributed by atoms with E-state index in [1.54, 1.807) is 0 Å². The molecule has 0 spiro atoms. The molecule has 2 atom stereocenters.